The minimum absolute atomic E-state index is 0.138. The van der Waals surface area contributed by atoms with Gasteiger partial charge in [0.2, 0.25) is 5.78 Å². The van der Waals surface area contributed by atoms with E-state index in [-0.39, 0.29) is 5.78 Å². The van der Waals surface area contributed by atoms with Crippen LogP contribution in [0.15, 0.2) is 30.3 Å². The summed E-state index contributed by atoms with van der Waals surface area (Å²) in [6.45, 7) is 2.25. The Morgan fingerprint density at radius 2 is 2.07 bits per heavy atom. The molecule has 70 valence electrons. The minimum atomic E-state index is -0.623. The largest absolute Gasteiger partial charge is 0.360 e. The molecule has 1 aromatic rings. The predicted molar refractivity (Wildman–Crippen MR) is 52.7 cm³/mol. The van der Waals surface area contributed by atoms with Crippen molar-refractivity contribution in [2.75, 3.05) is 6.61 Å². The van der Waals surface area contributed by atoms with Crippen molar-refractivity contribution >= 4 is 5.78 Å². The maximum Gasteiger partial charge on any atom is 0.239 e. The van der Waals surface area contributed by atoms with Gasteiger partial charge in [-0.25, -0.2) is 0 Å². The summed E-state index contributed by atoms with van der Waals surface area (Å²) >= 11 is 0. The van der Waals surface area contributed by atoms with Gasteiger partial charge in [-0.15, -0.1) is 0 Å². The highest BCUT2D eigenvalue weighted by atomic mass is 16.6. The fraction of sp³-hybridized carbons (Fsp3) is 0.250. The quantitative estimate of drug-likeness (QED) is 0.490. The highest BCUT2D eigenvalue weighted by molar-refractivity contribution is 6.03. The molecule has 2 heteroatoms. The van der Waals surface area contributed by atoms with Gasteiger partial charge in [0.1, 0.15) is 0 Å². The molecule has 0 aromatic heterocycles. The lowest BCUT2D eigenvalue weighted by molar-refractivity contribution is -0.118. The number of Topliss-reactive ketones (excluding diaryl/α,β-unsaturated/α-hetero) is 1. The zero-order valence-electron chi connectivity index (χ0n) is 7.91. The Labute approximate surface area is 82.9 Å². The summed E-state index contributed by atoms with van der Waals surface area (Å²) in [5.74, 6) is 5.26. The van der Waals surface area contributed by atoms with Gasteiger partial charge in [0, 0.05) is 5.56 Å². The van der Waals surface area contributed by atoms with Crippen LogP contribution in [-0.4, -0.2) is 18.0 Å². The van der Waals surface area contributed by atoms with Gasteiger partial charge in [0.25, 0.3) is 0 Å². The van der Waals surface area contributed by atoms with Gasteiger partial charge in [-0.05, 0) is 25.0 Å². The van der Waals surface area contributed by atoms with E-state index in [1.54, 1.807) is 6.92 Å². The third-order valence-corrected chi connectivity index (χ3v) is 2.15. The van der Waals surface area contributed by atoms with Crippen LogP contribution < -0.4 is 0 Å². The first-order valence-electron chi connectivity index (χ1n) is 4.46. The summed E-state index contributed by atoms with van der Waals surface area (Å²) in [4.78, 5) is 11.4. The molecule has 1 aromatic carbocycles. The van der Waals surface area contributed by atoms with Crippen LogP contribution in [-0.2, 0) is 9.53 Å². The zero-order valence-corrected chi connectivity index (χ0v) is 7.91. The van der Waals surface area contributed by atoms with E-state index in [1.165, 1.54) is 0 Å². The molecule has 0 spiro atoms. The second-order valence-electron chi connectivity index (χ2n) is 3.46. The van der Waals surface area contributed by atoms with Gasteiger partial charge in [-0.2, -0.15) is 0 Å². The van der Waals surface area contributed by atoms with Crippen LogP contribution in [0.4, 0.5) is 0 Å². The molecule has 1 atom stereocenters. The van der Waals surface area contributed by atoms with Crippen molar-refractivity contribution in [1.29, 1.82) is 0 Å². The summed E-state index contributed by atoms with van der Waals surface area (Å²) in [6.07, 6.45) is 0. The van der Waals surface area contributed by atoms with Gasteiger partial charge in [0.15, 0.2) is 5.60 Å². The Hall–Kier alpha value is -1.59. The Morgan fingerprint density at radius 3 is 2.64 bits per heavy atom. The normalized spacial score (nSPS) is 23.5. The first kappa shape index (κ1) is 8.98. The monoisotopic (exact) mass is 186 g/mol. The first-order valence-corrected chi connectivity index (χ1v) is 4.46. The topological polar surface area (TPSA) is 29.6 Å². The van der Waals surface area contributed by atoms with Gasteiger partial charge < -0.3 is 4.74 Å². The van der Waals surface area contributed by atoms with Crippen molar-refractivity contribution in [2.45, 2.75) is 12.5 Å². The average Bonchev–Trinajstić information content (AvgIpc) is 2.96. The fourth-order valence-electron chi connectivity index (χ4n) is 1.02. The number of ether oxygens (including phenoxy) is 1. The third-order valence-electron chi connectivity index (χ3n) is 2.15. The van der Waals surface area contributed by atoms with E-state index in [1.807, 2.05) is 30.3 Å². The van der Waals surface area contributed by atoms with Crippen molar-refractivity contribution in [3.05, 3.63) is 35.9 Å². The molecule has 0 aliphatic carbocycles. The number of carbonyl (C=O) groups excluding carboxylic acids is 1. The number of ketones is 1. The van der Waals surface area contributed by atoms with E-state index in [0.717, 1.165) is 5.56 Å². The first-order chi connectivity index (χ1) is 6.71. The van der Waals surface area contributed by atoms with E-state index < -0.39 is 5.60 Å². The second kappa shape index (κ2) is 3.28. The number of rotatable bonds is 1. The molecule has 0 saturated carbocycles. The third kappa shape index (κ3) is 1.84. The molecule has 1 saturated heterocycles. The lowest BCUT2D eigenvalue weighted by Crippen LogP contribution is -2.17. The maximum absolute atomic E-state index is 11.4. The molecular weight excluding hydrogens is 176 g/mol. The number of carbonyl (C=O) groups is 1. The number of benzene rings is 1. The molecule has 1 unspecified atom stereocenters. The van der Waals surface area contributed by atoms with E-state index in [0.29, 0.717) is 6.61 Å². The van der Waals surface area contributed by atoms with Crippen molar-refractivity contribution in [1.82, 2.24) is 0 Å². The molecule has 0 bridgehead atoms. The Morgan fingerprint density at radius 1 is 1.43 bits per heavy atom. The van der Waals surface area contributed by atoms with Crippen LogP contribution in [0.1, 0.15) is 12.5 Å². The van der Waals surface area contributed by atoms with Crippen molar-refractivity contribution in [3.8, 4) is 11.8 Å². The molecule has 1 aliphatic rings. The van der Waals surface area contributed by atoms with Crippen molar-refractivity contribution in [2.24, 2.45) is 0 Å². The van der Waals surface area contributed by atoms with Crippen LogP contribution in [0.2, 0.25) is 0 Å². The van der Waals surface area contributed by atoms with Crippen molar-refractivity contribution < 1.29 is 9.53 Å². The van der Waals surface area contributed by atoms with Gasteiger partial charge >= 0.3 is 0 Å². The number of hydrogen-bond acceptors (Lipinski definition) is 2. The zero-order chi connectivity index (χ0) is 10.0. The smallest absolute Gasteiger partial charge is 0.239 e. The van der Waals surface area contributed by atoms with E-state index in [4.69, 9.17) is 4.74 Å². The molecule has 0 radical (unpaired) electrons. The van der Waals surface area contributed by atoms with Crippen LogP contribution in [0.3, 0.4) is 0 Å². The average molecular weight is 186 g/mol. The highest BCUT2D eigenvalue weighted by Crippen LogP contribution is 2.26. The Kier molecular flexibility index (Phi) is 2.11. The van der Waals surface area contributed by atoms with Crippen LogP contribution in [0.5, 0.6) is 0 Å². The summed E-state index contributed by atoms with van der Waals surface area (Å²) in [6, 6.07) is 9.44. The van der Waals surface area contributed by atoms with Gasteiger partial charge in [0.05, 0.1) is 6.61 Å². The molecule has 0 N–H and O–H groups in total. The minimum Gasteiger partial charge on any atom is -0.360 e. The highest BCUT2D eigenvalue weighted by Gasteiger charge is 2.46. The van der Waals surface area contributed by atoms with Gasteiger partial charge in [-0.3, -0.25) is 4.79 Å². The standard InChI is InChI=1S/C12H10O2/c1-12(9-14-12)11(13)8-7-10-5-3-2-4-6-10/h2-6H,9H2,1H3. The summed E-state index contributed by atoms with van der Waals surface area (Å²) in [5, 5.41) is 0. The molecule has 2 rings (SSSR count). The van der Waals surface area contributed by atoms with Crippen LogP contribution in [0.25, 0.3) is 0 Å². The Balaban J connectivity index is 2.11. The lowest BCUT2D eigenvalue weighted by Gasteiger charge is -1.93. The molecule has 2 nitrogen and oxygen atoms in total. The van der Waals surface area contributed by atoms with Crippen LogP contribution in [0, 0.1) is 11.8 Å². The number of epoxide rings is 1. The molecule has 1 heterocycles. The SMILES string of the molecule is CC1(C(=O)C#Cc2ccccc2)CO1. The second-order valence-corrected chi connectivity index (χ2v) is 3.46. The van der Waals surface area contributed by atoms with E-state index in [9.17, 15) is 4.79 Å². The molecular formula is C12H10O2. The fourth-order valence-corrected chi connectivity index (χ4v) is 1.02. The predicted octanol–water partition coefficient (Wildman–Crippen LogP) is 1.40. The Bertz CT molecular complexity index is 405. The summed E-state index contributed by atoms with van der Waals surface area (Å²) in [5.41, 5.74) is 0.229. The lowest BCUT2D eigenvalue weighted by atomic mass is 10.1. The molecule has 0 amide bonds. The van der Waals surface area contributed by atoms with Gasteiger partial charge in [-0.1, -0.05) is 24.1 Å². The van der Waals surface area contributed by atoms with E-state index in [2.05, 4.69) is 11.8 Å². The molecule has 14 heavy (non-hydrogen) atoms. The number of hydrogen-bond donors (Lipinski definition) is 0. The summed E-state index contributed by atoms with van der Waals surface area (Å²) in [7, 11) is 0. The molecule has 1 aliphatic heterocycles. The van der Waals surface area contributed by atoms with E-state index >= 15 is 0 Å². The maximum atomic E-state index is 11.4. The summed E-state index contributed by atoms with van der Waals surface area (Å²) < 4.78 is 4.99. The van der Waals surface area contributed by atoms with Crippen LogP contribution >= 0.6 is 0 Å². The van der Waals surface area contributed by atoms with Crippen molar-refractivity contribution in [3.63, 3.8) is 0 Å². The molecule has 1 fully saturated rings.